The largest absolute Gasteiger partial charge is 0.341 e. The van der Waals surface area contributed by atoms with E-state index in [9.17, 15) is 9.59 Å². The normalized spacial score (nSPS) is 21.1. The number of hydrogen-bond donors (Lipinski definition) is 0. The van der Waals surface area contributed by atoms with Crippen LogP contribution >= 0.6 is 43.5 Å². The van der Waals surface area contributed by atoms with Crippen molar-refractivity contribution >= 4 is 55.3 Å². The molecule has 2 aliphatic heterocycles. The van der Waals surface area contributed by atoms with Gasteiger partial charge in [-0.1, -0.05) is 27.5 Å². The van der Waals surface area contributed by atoms with Crippen LogP contribution in [-0.2, 0) is 22.4 Å². The van der Waals surface area contributed by atoms with Gasteiger partial charge in [0.15, 0.2) is 0 Å². The molecule has 3 heterocycles. The Morgan fingerprint density at radius 2 is 1.82 bits per heavy atom. The van der Waals surface area contributed by atoms with Crippen LogP contribution in [0.15, 0.2) is 33.3 Å². The summed E-state index contributed by atoms with van der Waals surface area (Å²) < 4.78 is 2.04. The van der Waals surface area contributed by atoms with Gasteiger partial charge in [-0.05, 0) is 88.8 Å². The number of nitrogens with zero attached hydrogens (tertiary/aromatic N) is 3. The van der Waals surface area contributed by atoms with Gasteiger partial charge in [-0.15, -0.1) is 0 Å². The molecule has 1 atom stereocenters. The number of halogens is 3. The first-order chi connectivity index (χ1) is 15.9. The van der Waals surface area contributed by atoms with Crippen molar-refractivity contribution < 1.29 is 9.59 Å². The summed E-state index contributed by atoms with van der Waals surface area (Å²) in [5, 5.41) is 0.747. The number of hydrogen-bond acceptors (Lipinski definition) is 3. The summed E-state index contributed by atoms with van der Waals surface area (Å²) in [6.07, 6.45) is 7.00. The quantitative estimate of drug-likeness (QED) is 0.481. The first kappa shape index (κ1) is 23.3. The highest BCUT2D eigenvalue weighted by atomic mass is 79.9. The molecule has 0 bridgehead atoms. The highest BCUT2D eigenvalue weighted by molar-refractivity contribution is 9.10. The second-order valence-corrected chi connectivity index (χ2v) is 11.5. The summed E-state index contributed by atoms with van der Waals surface area (Å²) in [6, 6.07) is 6.28. The summed E-state index contributed by atoms with van der Waals surface area (Å²) in [5.41, 5.74) is 4.99. The van der Waals surface area contributed by atoms with Crippen molar-refractivity contribution in [2.45, 2.75) is 44.4 Å². The molecule has 3 aliphatic rings. The number of aromatic nitrogens is 1. The van der Waals surface area contributed by atoms with Gasteiger partial charge in [0.1, 0.15) is 0 Å². The summed E-state index contributed by atoms with van der Waals surface area (Å²) >= 11 is 13.8. The average molecular weight is 596 g/mol. The molecule has 2 fully saturated rings. The molecular weight excluding hydrogens is 570 g/mol. The van der Waals surface area contributed by atoms with Crippen molar-refractivity contribution in [2.75, 3.05) is 26.2 Å². The molecule has 33 heavy (non-hydrogen) atoms. The molecule has 1 aromatic heterocycles. The van der Waals surface area contributed by atoms with Crippen molar-refractivity contribution in [1.29, 1.82) is 0 Å². The van der Waals surface area contributed by atoms with E-state index in [-0.39, 0.29) is 24.3 Å². The molecular formula is C25H26Br2ClN3O2. The minimum absolute atomic E-state index is 0.0698. The van der Waals surface area contributed by atoms with E-state index < -0.39 is 0 Å². The van der Waals surface area contributed by atoms with Crippen LogP contribution in [0, 0.1) is 5.92 Å². The molecule has 8 heteroatoms. The number of aryl methyl sites for hydroxylation is 2. The minimum Gasteiger partial charge on any atom is -0.341 e. The third-order valence-electron chi connectivity index (χ3n) is 7.28. The zero-order chi connectivity index (χ0) is 23.1. The highest BCUT2D eigenvalue weighted by Crippen LogP contribution is 2.46. The Bertz CT molecular complexity index is 1100. The van der Waals surface area contributed by atoms with Crippen LogP contribution < -0.4 is 0 Å². The lowest BCUT2D eigenvalue weighted by Gasteiger charge is -2.37. The Kier molecular flexibility index (Phi) is 6.83. The molecule has 0 N–H and O–H groups in total. The maximum absolute atomic E-state index is 12.9. The van der Waals surface area contributed by atoms with Crippen molar-refractivity contribution in [3.05, 3.63) is 60.7 Å². The Morgan fingerprint density at radius 1 is 1.06 bits per heavy atom. The average Bonchev–Trinajstić information content (AvgIpc) is 3.11. The number of benzene rings is 1. The van der Waals surface area contributed by atoms with Gasteiger partial charge in [-0.3, -0.25) is 14.6 Å². The number of carbonyl (C=O) groups is 2. The molecule has 5 nitrogen and oxygen atoms in total. The predicted molar refractivity (Wildman–Crippen MR) is 135 cm³/mol. The molecule has 0 spiro atoms. The molecule has 1 aromatic carbocycles. The first-order valence-corrected chi connectivity index (χ1v) is 13.5. The van der Waals surface area contributed by atoms with Crippen LogP contribution in [0.5, 0.6) is 0 Å². The lowest BCUT2D eigenvalue weighted by atomic mass is 9.76. The van der Waals surface area contributed by atoms with E-state index in [2.05, 4.69) is 44.0 Å². The van der Waals surface area contributed by atoms with E-state index >= 15 is 0 Å². The van der Waals surface area contributed by atoms with Gasteiger partial charge in [0.2, 0.25) is 11.8 Å². The Balaban J connectivity index is 1.40. The number of piperidine rings is 1. The Labute approximate surface area is 216 Å². The molecule has 2 saturated heterocycles. The van der Waals surface area contributed by atoms with Crippen molar-refractivity contribution in [3.8, 4) is 0 Å². The van der Waals surface area contributed by atoms with Crippen LogP contribution in [0.4, 0.5) is 0 Å². The van der Waals surface area contributed by atoms with E-state index in [1.54, 1.807) is 4.90 Å². The van der Waals surface area contributed by atoms with Gasteiger partial charge in [-0.25, -0.2) is 0 Å². The predicted octanol–water partition coefficient (Wildman–Crippen LogP) is 5.35. The second-order valence-electron chi connectivity index (χ2n) is 9.27. The fourth-order valence-electron chi connectivity index (χ4n) is 5.65. The van der Waals surface area contributed by atoms with Gasteiger partial charge in [-0.2, -0.15) is 0 Å². The maximum atomic E-state index is 12.9. The summed E-state index contributed by atoms with van der Waals surface area (Å²) in [7, 11) is 0. The smallest absolute Gasteiger partial charge is 0.242 e. The highest BCUT2D eigenvalue weighted by Gasteiger charge is 2.36. The van der Waals surface area contributed by atoms with Gasteiger partial charge < -0.3 is 9.80 Å². The third kappa shape index (κ3) is 4.73. The van der Waals surface area contributed by atoms with Crippen LogP contribution in [0.3, 0.4) is 0 Å². The van der Waals surface area contributed by atoms with Crippen LogP contribution in [-0.4, -0.2) is 52.8 Å². The fraction of sp³-hybridized carbons (Fsp3) is 0.480. The van der Waals surface area contributed by atoms with Gasteiger partial charge in [0.05, 0.1) is 12.2 Å². The molecule has 0 radical (unpaired) electrons. The van der Waals surface area contributed by atoms with E-state index in [1.165, 1.54) is 16.7 Å². The van der Waals surface area contributed by atoms with Crippen LogP contribution in [0.25, 0.3) is 0 Å². The fourth-order valence-corrected chi connectivity index (χ4v) is 7.15. The molecule has 1 aliphatic carbocycles. The lowest BCUT2D eigenvalue weighted by molar-refractivity contribution is -0.139. The lowest BCUT2D eigenvalue weighted by Crippen LogP contribution is -2.45. The number of fused-ring (bicyclic) bond motifs is 2. The summed E-state index contributed by atoms with van der Waals surface area (Å²) in [4.78, 5) is 33.3. The summed E-state index contributed by atoms with van der Waals surface area (Å²) in [5.74, 6) is 0.713. The number of pyridine rings is 1. The second kappa shape index (κ2) is 9.67. The molecule has 0 saturated carbocycles. The molecule has 0 unspecified atom stereocenters. The molecule has 2 aromatic rings. The topological polar surface area (TPSA) is 53.5 Å². The van der Waals surface area contributed by atoms with E-state index in [0.29, 0.717) is 32.0 Å². The number of carbonyl (C=O) groups excluding carboxylic acids is 2. The third-order valence-corrected chi connectivity index (χ3v) is 8.59. The van der Waals surface area contributed by atoms with Crippen LogP contribution in [0.2, 0.25) is 5.02 Å². The van der Waals surface area contributed by atoms with Crippen molar-refractivity contribution in [1.82, 2.24) is 14.8 Å². The minimum atomic E-state index is 0.0698. The molecule has 174 valence electrons. The van der Waals surface area contributed by atoms with Gasteiger partial charge in [0.25, 0.3) is 0 Å². The SMILES string of the molecule is O=C(CN1CCCC1=O)N1CCC([C@H]2c3ncc(Br)cc3CCc3cc(Cl)cc(Br)c32)CC1. The van der Waals surface area contributed by atoms with Crippen LogP contribution in [0.1, 0.15) is 54.0 Å². The maximum Gasteiger partial charge on any atom is 0.242 e. The number of amides is 2. The Morgan fingerprint density at radius 3 is 2.55 bits per heavy atom. The van der Waals surface area contributed by atoms with Crippen molar-refractivity contribution in [2.24, 2.45) is 5.92 Å². The van der Waals surface area contributed by atoms with Gasteiger partial charge in [0, 0.05) is 52.1 Å². The number of likely N-dealkylation sites (tertiary alicyclic amines) is 2. The Hall–Kier alpha value is -1.44. The van der Waals surface area contributed by atoms with E-state index in [4.69, 9.17) is 16.6 Å². The van der Waals surface area contributed by atoms with E-state index in [1.807, 2.05) is 17.2 Å². The van der Waals surface area contributed by atoms with Crippen molar-refractivity contribution in [3.63, 3.8) is 0 Å². The molecule has 5 rings (SSSR count). The zero-order valence-electron chi connectivity index (χ0n) is 18.3. The first-order valence-electron chi connectivity index (χ1n) is 11.6. The standard InChI is InChI=1S/C25H26Br2ClN3O2/c26-18-10-17-4-3-16-11-19(28)12-20(27)23(16)24(25(17)29-13-18)15-5-8-30(9-6-15)22(33)14-31-7-1-2-21(31)32/h10-13,15,24H,1-9,14H2/t24-/m1/s1. The number of rotatable bonds is 3. The summed E-state index contributed by atoms with van der Waals surface area (Å²) in [6.45, 7) is 2.36. The zero-order valence-corrected chi connectivity index (χ0v) is 22.3. The van der Waals surface area contributed by atoms with Gasteiger partial charge >= 0.3 is 0 Å². The monoisotopic (exact) mass is 593 g/mol. The molecule has 2 amide bonds. The van der Waals surface area contributed by atoms with E-state index in [0.717, 1.165) is 51.8 Å².